The minimum absolute atomic E-state index is 0.167. The zero-order valence-corrected chi connectivity index (χ0v) is 7.83. The average molecular weight is 204 g/mol. The van der Waals surface area contributed by atoms with Gasteiger partial charge in [0, 0.05) is 5.69 Å². The molecule has 76 valence electrons. The van der Waals surface area contributed by atoms with Gasteiger partial charge < -0.3 is 10.7 Å². The molecule has 0 amide bonds. The Kier molecular flexibility index (Phi) is 2.25. The second-order valence-electron chi connectivity index (χ2n) is 3.16. The fraction of sp³-hybridized carbons (Fsp3) is 0. The second kappa shape index (κ2) is 3.57. The molecule has 0 spiro atoms. The highest BCUT2D eigenvalue weighted by Gasteiger charge is 2.00. The second-order valence-corrected chi connectivity index (χ2v) is 3.16. The monoisotopic (exact) mass is 204 g/mol. The molecular weight excluding hydrogens is 195 g/mol. The van der Waals surface area contributed by atoms with Crippen molar-refractivity contribution in [1.29, 1.82) is 0 Å². The first-order chi connectivity index (χ1) is 7.16. The summed E-state index contributed by atoms with van der Waals surface area (Å²) in [4.78, 5) is 13.8. The third kappa shape index (κ3) is 1.88. The quantitative estimate of drug-likeness (QED) is 0.743. The van der Waals surface area contributed by atoms with Gasteiger partial charge in [-0.25, -0.2) is 4.39 Å². The summed E-state index contributed by atoms with van der Waals surface area (Å²) < 4.78 is 12.7. The predicted molar refractivity (Wildman–Crippen MR) is 56.9 cm³/mol. The number of nitrogens with two attached hydrogens (primary N) is 1. The normalized spacial score (nSPS) is 10.2. The molecule has 0 fully saturated rings. The molecule has 1 aromatic heterocycles. The zero-order valence-electron chi connectivity index (χ0n) is 7.83. The molecule has 2 rings (SSSR count). The van der Waals surface area contributed by atoms with E-state index in [2.05, 4.69) is 4.98 Å². The van der Waals surface area contributed by atoms with Gasteiger partial charge in [-0.1, -0.05) is 0 Å². The van der Waals surface area contributed by atoms with E-state index in [1.165, 1.54) is 18.2 Å². The van der Waals surface area contributed by atoms with Gasteiger partial charge in [-0.05, 0) is 42.0 Å². The number of halogens is 1. The Morgan fingerprint density at radius 3 is 2.33 bits per heavy atom. The van der Waals surface area contributed by atoms with Crippen molar-refractivity contribution in [3.8, 4) is 11.3 Å². The molecule has 2 aromatic rings. The number of anilines is 1. The Hall–Kier alpha value is -2.10. The van der Waals surface area contributed by atoms with Gasteiger partial charge >= 0.3 is 0 Å². The van der Waals surface area contributed by atoms with Crippen LogP contribution in [0.1, 0.15) is 0 Å². The third-order valence-electron chi connectivity index (χ3n) is 2.10. The summed E-state index contributed by atoms with van der Waals surface area (Å²) in [5, 5.41) is 0. The van der Waals surface area contributed by atoms with E-state index in [0.29, 0.717) is 5.69 Å². The summed E-state index contributed by atoms with van der Waals surface area (Å²) in [6.07, 6.45) is 0. The van der Waals surface area contributed by atoms with Crippen molar-refractivity contribution in [2.75, 3.05) is 5.73 Å². The molecule has 0 bridgehead atoms. The van der Waals surface area contributed by atoms with Gasteiger partial charge in [0.2, 0.25) is 0 Å². The topological polar surface area (TPSA) is 58.9 Å². The first-order valence-electron chi connectivity index (χ1n) is 4.41. The standard InChI is InChI=1S/C11H9FN2O/c12-8-3-1-7(2-4-8)10-6-5-9(13)11(15)14-10/h1-6H,13H2,(H,14,15). The van der Waals surface area contributed by atoms with E-state index in [9.17, 15) is 9.18 Å². The number of aromatic nitrogens is 1. The Morgan fingerprint density at radius 2 is 1.73 bits per heavy atom. The van der Waals surface area contributed by atoms with Crippen LogP contribution in [0.3, 0.4) is 0 Å². The van der Waals surface area contributed by atoms with Crippen molar-refractivity contribution in [3.63, 3.8) is 0 Å². The van der Waals surface area contributed by atoms with E-state index in [-0.39, 0.29) is 17.1 Å². The lowest BCUT2D eigenvalue weighted by atomic mass is 10.1. The highest BCUT2D eigenvalue weighted by molar-refractivity contribution is 5.60. The Bertz CT molecular complexity index is 531. The molecule has 0 saturated carbocycles. The van der Waals surface area contributed by atoms with E-state index in [1.54, 1.807) is 18.2 Å². The first kappa shape index (κ1) is 9.45. The average Bonchev–Trinajstić information content (AvgIpc) is 2.23. The summed E-state index contributed by atoms with van der Waals surface area (Å²) in [5.41, 5.74) is 6.58. The number of benzene rings is 1. The van der Waals surface area contributed by atoms with Crippen LogP contribution in [0.25, 0.3) is 11.3 Å². The number of H-pyrrole nitrogens is 1. The number of nitrogens with one attached hydrogen (secondary N) is 1. The molecule has 0 radical (unpaired) electrons. The lowest BCUT2D eigenvalue weighted by Crippen LogP contribution is -2.11. The van der Waals surface area contributed by atoms with E-state index in [1.807, 2.05) is 0 Å². The Morgan fingerprint density at radius 1 is 1.07 bits per heavy atom. The van der Waals surface area contributed by atoms with Gasteiger partial charge in [-0.2, -0.15) is 0 Å². The van der Waals surface area contributed by atoms with Crippen LogP contribution >= 0.6 is 0 Å². The first-order valence-corrected chi connectivity index (χ1v) is 4.41. The Balaban J connectivity index is 2.50. The number of rotatable bonds is 1. The summed E-state index contributed by atoms with van der Waals surface area (Å²) in [6.45, 7) is 0. The minimum Gasteiger partial charge on any atom is -0.394 e. The molecule has 0 atom stereocenters. The maximum atomic E-state index is 12.7. The molecule has 0 saturated heterocycles. The summed E-state index contributed by atoms with van der Waals surface area (Å²) in [6, 6.07) is 9.07. The van der Waals surface area contributed by atoms with Crippen molar-refractivity contribution in [2.24, 2.45) is 0 Å². The lowest BCUT2D eigenvalue weighted by Gasteiger charge is -2.01. The molecule has 3 nitrogen and oxygen atoms in total. The van der Waals surface area contributed by atoms with Gasteiger partial charge in [-0.15, -0.1) is 0 Å². The van der Waals surface area contributed by atoms with Crippen LogP contribution in [0.4, 0.5) is 10.1 Å². The molecule has 3 N–H and O–H groups in total. The SMILES string of the molecule is Nc1ccc(-c2ccc(F)cc2)[nH]c1=O. The third-order valence-corrected chi connectivity index (χ3v) is 2.10. The van der Waals surface area contributed by atoms with Crippen molar-refractivity contribution in [2.45, 2.75) is 0 Å². The smallest absolute Gasteiger partial charge is 0.271 e. The van der Waals surface area contributed by atoms with Gasteiger partial charge in [0.1, 0.15) is 5.82 Å². The molecule has 0 unspecified atom stereocenters. The van der Waals surface area contributed by atoms with Gasteiger partial charge in [0.15, 0.2) is 0 Å². The highest BCUT2D eigenvalue weighted by Crippen LogP contribution is 2.16. The predicted octanol–water partition coefficient (Wildman–Crippen LogP) is 1.76. The van der Waals surface area contributed by atoms with Crippen LogP contribution in [0.2, 0.25) is 0 Å². The minimum atomic E-state index is -0.336. The largest absolute Gasteiger partial charge is 0.394 e. The van der Waals surface area contributed by atoms with Gasteiger partial charge in [0.05, 0.1) is 5.69 Å². The number of hydrogen-bond acceptors (Lipinski definition) is 2. The van der Waals surface area contributed by atoms with Crippen LogP contribution in [0.15, 0.2) is 41.2 Å². The van der Waals surface area contributed by atoms with E-state index in [0.717, 1.165) is 5.56 Å². The molecule has 0 aliphatic heterocycles. The van der Waals surface area contributed by atoms with Crippen LogP contribution in [0, 0.1) is 5.82 Å². The molecule has 0 aliphatic carbocycles. The van der Waals surface area contributed by atoms with E-state index < -0.39 is 0 Å². The summed E-state index contributed by atoms with van der Waals surface area (Å²) >= 11 is 0. The van der Waals surface area contributed by atoms with Crippen LogP contribution in [-0.4, -0.2) is 4.98 Å². The van der Waals surface area contributed by atoms with Crippen molar-refractivity contribution < 1.29 is 4.39 Å². The molecule has 1 aromatic carbocycles. The highest BCUT2D eigenvalue weighted by atomic mass is 19.1. The maximum Gasteiger partial charge on any atom is 0.271 e. The lowest BCUT2D eigenvalue weighted by molar-refractivity contribution is 0.628. The fourth-order valence-corrected chi connectivity index (χ4v) is 1.28. The summed E-state index contributed by atoms with van der Waals surface area (Å²) in [7, 11) is 0. The molecule has 4 heteroatoms. The summed E-state index contributed by atoms with van der Waals surface area (Å²) in [5.74, 6) is -0.309. The fourth-order valence-electron chi connectivity index (χ4n) is 1.28. The maximum absolute atomic E-state index is 12.7. The van der Waals surface area contributed by atoms with Crippen molar-refractivity contribution >= 4 is 5.69 Å². The number of aromatic amines is 1. The number of hydrogen-bond donors (Lipinski definition) is 2. The van der Waals surface area contributed by atoms with Crippen LogP contribution < -0.4 is 11.3 Å². The Labute approximate surface area is 85.4 Å². The molecule has 1 heterocycles. The molecule has 15 heavy (non-hydrogen) atoms. The van der Waals surface area contributed by atoms with Crippen molar-refractivity contribution in [1.82, 2.24) is 4.98 Å². The number of pyridine rings is 1. The van der Waals surface area contributed by atoms with E-state index >= 15 is 0 Å². The molecule has 0 aliphatic rings. The molecular formula is C11H9FN2O. The van der Waals surface area contributed by atoms with Crippen LogP contribution in [-0.2, 0) is 0 Å². The zero-order chi connectivity index (χ0) is 10.8. The number of nitrogen functional groups attached to an aromatic ring is 1. The van der Waals surface area contributed by atoms with Gasteiger partial charge in [0.25, 0.3) is 5.56 Å². The van der Waals surface area contributed by atoms with Gasteiger partial charge in [-0.3, -0.25) is 4.79 Å². The van der Waals surface area contributed by atoms with E-state index in [4.69, 9.17) is 5.73 Å². The van der Waals surface area contributed by atoms with Crippen molar-refractivity contribution in [3.05, 3.63) is 52.6 Å². The van der Waals surface area contributed by atoms with Crippen LogP contribution in [0.5, 0.6) is 0 Å².